The minimum Gasteiger partial charge on any atom is -0.481 e. The van der Waals surface area contributed by atoms with E-state index in [2.05, 4.69) is 6.92 Å². The Hall–Kier alpha value is -1.84. The lowest BCUT2D eigenvalue weighted by atomic mass is 9.80. The lowest BCUT2D eigenvalue weighted by molar-refractivity contribution is -0.149. The summed E-state index contributed by atoms with van der Waals surface area (Å²) in [6.07, 6.45) is 2.75. The largest absolute Gasteiger partial charge is 0.481 e. The van der Waals surface area contributed by atoms with Crippen molar-refractivity contribution in [3.05, 3.63) is 35.9 Å². The zero-order valence-electron chi connectivity index (χ0n) is 13.6. The average Bonchev–Trinajstić information content (AvgIpc) is 2.77. The van der Waals surface area contributed by atoms with E-state index < -0.39 is 11.4 Å². The Morgan fingerprint density at radius 3 is 2.59 bits per heavy atom. The van der Waals surface area contributed by atoms with E-state index in [1.54, 1.807) is 11.8 Å². The monoisotopic (exact) mass is 303 g/mol. The second-order valence-corrected chi connectivity index (χ2v) is 6.45. The molecule has 0 saturated carbocycles. The third-order valence-electron chi connectivity index (χ3n) is 4.90. The molecule has 1 amide bonds. The first kappa shape index (κ1) is 16.5. The number of carbonyl (C=O) groups excluding carboxylic acids is 1. The van der Waals surface area contributed by atoms with Gasteiger partial charge in [-0.3, -0.25) is 9.59 Å². The number of carbonyl (C=O) groups is 2. The first-order valence-corrected chi connectivity index (χ1v) is 8.01. The standard InChI is InChI=1S/C18H25NO3/c1-4-5-11-15-18(3,17(21)22)12-16(20)19(15)13(2)14-9-7-6-8-10-14/h6-10,13,15H,4-5,11-12H2,1-3H3,(H,21,22)/t13-,15?,18-/m1/s1. The van der Waals surface area contributed by atoms with Crippen molar-refractivity contribution < 1.29 is 14.7 Å². The predicted molar refractivity (Wildman–Crippen MR) is 85.4 cm³/mol. The molecule has 4 heteroatoms. The van der Waals surface area contributed by atoms with Crippen LogP contribution in [0.3, 0.4) is 0 Å². The average molecular weight is 303 g/mol. The van der Waals surface area contributed by atoms with Gasteiger partial charge < -0.3 is 10.0 Å². The van der Waals surface area contributed by atoms with Gasteiger partial charge in [-0.25, -0.2) is 0 Å². The molecule has 1 fully saturated rings. The summed E-state index contributed by atoms with van der Waals surface area (Å²) in [4.78, 5) is 26.1. The summed E-state index contributed by atoms with van der Waals surface area (Å²) in [6.45, 7) is 5.78. The molecule has 120 valence electrons. The predicted octanol–water partition coefficient (Wildman–Crippen LogP) is 3.63. The van der Waals surface area contributed by atoms with Crippen LogP contribution in [0.15, 0.2) is 30.3 Å². The molecule has 1 aliphatic rings. The molecule has 4 nitrogen and oxygen atoms in total. The molecule has 1 aliphatic heterocycles. The maximum Gasteiger partial charge on any atom is 0.311 e. The zero-order chi connectivity index (χ0) is 16.3. The normalized spacial score (nSPS) is 26.2. The van der Waals surface area contributed by atoms with Gasteiger partial charge in [0.15, 0.2) is 0 Å². The molecule has 0 bridgehead atoms. The van der Waals surface area contributed by atoms with Crippen LogP contribution in [-0.2, 0) is 9.59 Å². The van der Waals surface area contributed by atoms with E-state index in [9.17, 15) is 14.7 Å². The fourth-order valence-corrected chi connectivity index (χ4v) is 3.46. The number of aliphatic carboxylic acids is 1. The van der Waals surface area contributed by atoms with E-state index >= 15 is 0 Å². The fraction of sp³-hybridized carbons (Fsp3) is 0.556. The van der Waals surface area contributed by atoms with Crippen molar-refractivity contribution in [2.24, 2.45) is 5.41 Å². The first-order chi connectivity index (χ1) is 10.4. The third kappa shape index (κ3) is 2.87. The van der Waals surface area contributed by atoms with E-state index in [1.807, 2.05) is 37.3 Å². The van der Waals surface area contributed by atoms with Crippen molar-refractivity contribution in [3.8, 4) is 0 Å². The minimum absolute atomic E-state index is 0.0534. The van der Waals surface area contributed by atoms with E-state index in [0.717, 1.165) is 24.8 Å². The van der Waals surface area contributed by atoms with Gasteiger partial charge in [0.25, 0.3) is 0 Å². The number of likely N-dealkylation sites (tertiary alicyclic amines) is 1. The second kappa shape index (κ2) is 6.51. The lowest BCUT2D eigenvalue weighted by Crippen LogP contribution is -2.44. The van der Waals surface area contributed by atoms with Gasteiger partial charge in [-0.15, -0.1) is 0 Å². The van der Waals surface area contributed by atoms with Crippen LogP contribution in [0.5, 0.6) is 0 Å². The molecule has 0 aliphatic carbocycles. The van der Waals surface area contributed by atoms with Crippen molar-refractivity contribution in [1.82, 2.24) is 4.90 Å². The maximum atomic E-state index is 12.5. The Morgan fingerprint density at radius 1 is 1.41 bits per heavy atom. The fourth-order valence-electron chi connectivity index (χ4n) is 3.46. The van der Waals surface area contributed by atoms with E-state index in [0.29, 0.717) is 0 Å². The molecule has 1 N–H and O–H groups in total. The number of nitrogens with zero attached hydrogens (tertiary/aromatic N) is 1. The van der Waals surface area contributed by atoms with Crippen LogP contribution in [0.4, 0.5) is 0 Å². The van der Waals surface area contributed by atoms with Gasteiger partial charge in [0, 0.05) is 12.5 Å². The van der Waals surface area contributed by atoms with Crippen LogP contribution in [0.2, 0.25) is 0 Å². The molecule has 1 unspecified atom stereocenters. The van der Waals surface area contributed by atoms with Gasteiger partial charge in [-0.2, -0.15) is 0 Å². The SMILES string of the molecule is CCCCC1N([C@H](C)c2ccccc2)C(=O)C[C@@]1(C)C(=O)O. The Balaban J connectivity index is 2.35. The number of unbranched alkanes of at least 4 members (excludes halogenated alkanes) is 1. The van der Waals surface area contributed by atoms with Crippen LogP contribution in [0.1, 0.15) is 58.1 Å². The summed E-state index contributed by atoms with van der Waals surface area (Å²) in [5.41, 5.74) is 0.0574. The van der Waals surface area contributed by atoms with E-state index in [-0.39, 0.29) is 24.4 Å². The molecule has 0 aromatic heterocycles. The molecular formula is C18H25NO3. The van der Waals surface area contributed by atoms with Crippen LogP contribution < -0.4 is 0 Å². The van der Waals surface area contributed by atoms with Crippen molar-refractivity contribution in [3.63, 3.8) is 0 Å². The van der Waals surface area contributed by atoms with Gasteiger partial charge >= 0.3 is 5.97 Å². The van der Waals surface area contributed by atoms with Gasteiger partial charge in [0.05, 0.1) is 11.5 Å². The molecule has 22 heavy (non-hydrogen) atoms. The highest BCUT2D eigenvalue weighted by molar-refractivity contribution is 5.90. The van der Waals surface area contributed by atoms with Gasteiger partial charge in [-0.1, -0.05) is 50.1 Å². The minimum atomic E-state index is -0.991. The maximum absolute atomic E-state index is 12.5. The molecule has 1 aromatic rings. The summed E-state index contributed by atoms with van der Waals surface area (Å²) in [6, 6.07) is 9.48. The molecule has 1 heterocycles. The summed E-state index contributed by atoms with van der Waals surface area (Å²) in [5, 5.41) is 9.65. The summed E-state index contributed by atoms with van der Waals surface area (Å²) in [7, 11) is 0. The lowest BCUT2D eigenvalue weighted by Gasteiger charge is -2.36. The van der Waals surface area contributed by atoms with Crippen LogP contribution in [0.25, 0.3) is 0 Å². The van der Waals surface area contributed by atoms with E-state index in [1.165, 1.54) is 0 Å². The van der Waals surface area contributed by atoms with Crippen LogP contribution >= 0.6 is 0 Å². The van der Waals surface area contributed by atoms with Gasteiger partial charge in [0.2, 0.25) is 5.91 Å². The molecule has 0 radical (unpaired) electrons. The highest BCUT2D eigenvalue weighted by Crippen LogP contribution is 2.44. The van der Waals surface area contributed by atoms with Crippen molar-refractivity contribution in [1.29, 1.82) is 0 Å². The Bertz CT molecular complexity index is 543. The molecule has 2 rings (SSSR count). The number of hydrogen-bond acceptors (Lipinski definition) is 2. The number of benzene rings is 1. The number of carboxylic acid groups (broad SMARTS) is 1. The Labute approximate surface area is 132 Å². The number of hydrogen-bond donors (Lipinski definition) is 1. The topological polar surface area (TPSA) is 57.6 Å². The highest BCUT2D eigenvalue weighted by Gasteiger charge is 2.54. The summed E-state index contributed by atoms with van der Waals surface area (Å²) >= 11 is 0. The summed E-state index contributed by atoms with van der Waals surface area (Å²) < 4.78 is 0. The van der Waals surface area contributed by atoms with Gasteiger partial charge in [-0.05, 0) is 25.8 Å². The third-order valence-corrected chi connectivity index (χ3v) is 4.90. The van der Waals surface area contributed by atoms with E-state index in [4.69, 9.17) is 0 Å². The van der Waals surface area contributed by atoms with Crippen molar-refractivity contribution >= 4 is 11.9 Å². The number of amides is 1. The molecule has 3 atom stereocenters. The molecule has 0 spiro atoms. The number of carboxylic acids is 1. The Kier molecular flexibility index (Phi) is 4.89. The second-order valence-electron chi connectivity index (χ2n) is 6.45. The smallest absolute Gasteiger partial charge is 0.311 e. The Morgan fingerprint density at radius 2 is 2.05 bits per heavy atom. The number of rotatable bonds is 6. The van der Waals surface area contributed by atoms with Crippen molar-refractivity contribution in [2.75, 3.05) is 0 Å². The zero-order valence-corrected chi connectivity index (χ0v) is 13.6. The first-order valence-electron chi connectivity index (χ1n) is 8.01. The molecule has 1 saturated heterocycles. The quantitative estimate of drug-likeness (QED) is 0.873. The summed E-state index contributed by atoms with van der Waals surface area (Å²) in [5.74, 6) is -0.924. The van der Waals surface area contributed by atoms with Crippen LogP contribution in [-0.4, -0.2) is 27.9 Å². The highest BCUT2D eigenvalue weighted by atomic mass is 16.4. The molecular weight excluding hydrogens is 278 g/mol. The van der Waals surface area contributed by atoms with Gasteiger partial charge in [0.1, 0.15) is 0 Å². The van der Waals surface area contributed by atoms with Crippen LogP contribution in [0, 0.1) is 5.41 Å². The van der Waals surface area contributed by atoms with Crippen molar-refractivity contribution in [2.45, 2.75) is 58.5 Å². The molecule has 1 aromatic carbocycles.